The van der Waals surface area contributed by atoms with Crippen molar-refractivity contribution in [3.8, 4) is 0 Å². The van der Waals surface area contributed by atoms with Crippen LogP contribution in [-0.2, 0) is 6.42 Å². The van der Waals surface area contributed by atoms with Gasteiger partial charge in [0, 0.05) is 5.69 Å². The summed E-state index contributed by atoms with van der Waals surface area (Å²) in [6.07, 6.45) is 0.776. The fourth-order valence-corrected chi connectivity index (χ4v) is 3.05. The van der Waals surface area contributed by atoms with Crippen LogP contribution in [0.3, 0.4) is 0 Å². The minimum Gasteiger partial charge on any atom is -0.478 e. The largest absolute Gasteiger partial charge is 0.478 e. The third kappa shape index (κ3) is 4.07. The van der Waals surface area contributed by atoms with Gasteiger partial charge in [0.2, 0.25) is 0 Å². The fraction of sp³-hybridized carbons (Fsp3) is 0.136. The summed E-state index contributed by atoms with van der Waals surface area (Å²) in [4.78, 5) is 11.7. The van der Waals surface area contributed by atoms with E-state index in [1.807, 2.05) is 61.5 Å². The zero-order valence-corrected chi connectivity index (χ0v) is 14.1. The molecule has 1 unspecified atom stereocenters. The van der Waals surface area contributed by atoms with Gasteiger partial charge in [-0.25, -0.2) is 4.79 Å². The Kier molecular flexibility index (Phi) is 5.14. The van der Waals surface area contributed by atoms with Gasteiger partial charge in [-0.1, -0.05) is 72.8 Å². The Hall–Kier alpha value is -3.07. The molecule has 0 saturated heterocycles. The van der Waals surface area contributed by atoms with E-state index in [4.69, 9.17) is 0 Å². The van der Waals surface area contributed by atoms with E-state index in [2.05, 4.69) is 29.6 Å². The molecule has 0 spiro atoms. The van der Waals surface area contributed by atoms with Crippen LogP contribution in [0.25, 0.3) is 0 Å². The number of rotatable bonds is 6. The number of aryl methyl sites for hydroxylation is 1. The molecule has 0 fully saturated rings. The molecule has 126 valence electrons. The van der Waals surface area contributed by atoms with E-state index in [0.717, 1.165) is 17.5 Å². The first-order valence-electron chi connectivity index (χ1n) is 8.33. The Bertz CT molecular complexity index is 844. The Morgan fingerprint density at radius 2 is 1.56 bits per heavy atom. The van der Waals surface area contributed by atoms with E-state index in [-0.39, 0.29) is 6.04 Å². The molecule has 0 saturated carbocycles. The highest BCUT2D eigenvalue weighted by Gasteiger charge is 2.18. The second kappa shape index (κ2) is 7.67. The Morgan fingerprint density at radius 1 is 0.920 bits per heavy atom. The smallest absolute Gasteiger partial charge is 0.338 e. The summed E-state index contributed by atoms with van der Waals surface area (Å²) in [5.74, 6) is -0.910. The molecule has 0 radical (unpaired) electrons. The predicted molar refractivity (Wildman–Crippen MR) is 101 cm³/mol. The van der Waals surface area contributed by atoms with Gasteiger partial charge in [-0.05, 0) is 36.1 Å². The number of anilines is 1. The highest BCUT2D eigenvalue weighted by atomic mass is 16.4. The van der Waals surface area contributed by atoms with E-state index in [1.165, 1.54) is 5.56 Å². The topological polar surface area (TPSA) is 49.3 Å². The standard InChI is InChI=1S/C22H21NO2/c1-16-9-8-14-19(21(16)22(24)25)23-20(18-12-6-3-7-13-18)15-17-10-4-2-5-11-17/h2-14,20,23H,15H2,1H3,(H,24,25). The third-order valence-electron chi connectivity index (χ3n) is 4.30. The van der Waals surface area contributed by atoms with Crippen molar-refractivity contribution in [1.29, 1.82) is 0 Å². The van der Waals surface area contributed by atoms with Crippen molar-refractivity contribution in [3.63, 3.8) is 0 Å². The van der Waals surface area contributed by atoms with Crippen molar-refractivity contribution in [3.05, 3.63) is 101 Å². The van der Waals surface area contributed by atoms with Crippen molar-refractivity contribution in [2.75, 3.05) is 5.32 Å². The molecule has 1 atom stereocenters. The molecule has 0 aliphatic rings. The second-order valence-electron chi connectivity index (χ2n) is 6.10. The highest BCUT2D eigenvalue weighted by molar-refractivity contribution is 5.95. The molecule has 3 aromatic carbocycles. The van der Waals surface area contributed by atoms with Gasteiger partial charge in [-0.3, -0.25) is 0 Å². The normalized spacial score (nSPS) is 11.7. The van der Waals surface area contributed by atoms with Crippen LogP contribution in [0.15, 0.2) is 78.9 Å². The number of hydrogen-bond donors (Lipinski definition) is 2. The van der Waals surface area contributed by atoms with Gasteiger partial charge in [-0.15, -0.1) is 0 Å². The molecule has 0 amide bonds. The van der Waals surface area contributed by atoms with Gasteiger partial charge in [0.1, 0.15) is 0 Å². The molecule has 3 nitrogen and oxygen atoms in total. The van der Waals surface area contributed by atoms with Gasteiger partial charge >= 0.3 is 5.97 Å². The van der Waals surface area contributed by atoms with Crippen LogP contribution >= 0.6 is 0 Å². The summed E-state index contributed by atoms with van der Waals surface area (Å²) in [6, 6.07) is 25.9. The van der Waals surface area contributed by atoms with Crippen molar-refractivity contribution < 1.29 is 9.90 Å². The van der Waals surface area contributed by atoms with Gasteiger partial charge in [0.15, 0.2) is 0 Å². The molecular weight excluding hydrogens is 310 g/mol. The molecule has 0 heterocycles. The zero-order chi connectivity index (χ0) is 17.6. The van der Waals surface area contributed by atoms with E-state index in [0.29, 0.717) is 11.3 Å². The van der Waals surface area contributed by atoms with Crippen molar-refractivity contribution in [2.24, 2.45) is 0 Å². The molecular formula is C22H21NO2. The average molecular weight is 331 g/mol. The quantitative estimate of drug-likeness (QED) is 0.661. The summed E-state index contributed by atoms with van der Waals surface area (Å²) >= 11 is 0. The van der Waals surface area contributed by atoms with Crippen LogP contribution in [0.2, 0.25) is 0 Å². The summed E-state index contributed by atoms with van der Waals surface area (Å²) in [5, 5.41) is 13.0. The molecule has 0 aliphatic carbocycles. The van der Waals surface area contributed by atoms with E-state index < -0.39 is 5.97 Å². The number of carbonyl (C=O) groups is 1. The predicted octanol–water partition coefficient (Wildman–Crippen LogP) is 5.09. The lowest BCUT2D eigenvalue weighted by Gasteiger charge is -2.22. The minimum absolute atomic E-state index is 0.0106. The van der Waals surface area contributed by atoms with Gasteiger partial charge in [0.25, 0.3) is 0 Å². The molecule has 2 N–H and O–H groups in total. The molecule has 3 rings (SSSR count). The summed E-state index contributed by atoms with van der Waals surface area (Å²) in [5.41, 5.74) is 4.07. The molecule has 3 heteroatoms. The Balaban J connectivity index is 1.96. The van der Waals surface area contributed by atoms with E-state index in [9.17, 15) is 9.90 Å². The number of nitrogens with one attached hydrogen (secondary N) is 1. The number of hydrogen-bond acceptors (Lipinski definition) is 2. The fourth-order valence-electron chi connectivity index (χ4n) is 3.05. The van der Waals surface area contributed by atoms with Crippen molar-refractivity contribution >= 4 is 11.7 Å². The lowest BCUT2D eigenvalue weighted by molar-refractivity contribution is 0.0697. The molecule has 0 aliphatic heterocycles. The first kappa shape index (κ1) is 16.8. The first-order valence-corrected chi connectivity index (χ1v) is 8.33. The Morgan fingerprint density at radius 3 is 2.20 bits per heavy atom. The monoisotopic (exact) mass is 331 g/mol. The molecule has 0 aromatic heterocycles. The second-order valence-corrected chi connectivity index (χ2v) is 6.10. The minimum atomic E-state index is -0.910. The molecule has 0 bridgehead atoms. The lowest BCUT2D eigenvalue weighted by Crippen LogP contribution is -2.16. The van der Waals surface area contributed by atoms with Crippen LogP contribution in [0, 0.1) is 6.92 Å². The van der Waals surface area contributed by atoms with Crippen LogP contribution < -0.4 is 5.32 Å². The SMILES string of the molecule is Cc1cccc(NC(Cc2ccccc2)c2ccccc2)c1C(=O)O. The number of aromatic carboxylic acids is 1. The Labute approximate surface area is 148 Å². The zero-order valence-electron chi connectivity index (χ0n) is 14.1. The van der Waals surface area contributed by atoms with Crippen molar-refractivity contribution in [1.82, 2.24) is 0 Å². The van der Waals surface area contributed by atoms with Crippen LogP contribution in [0.4, 0.5) is 5.69 Å². The number of carboxylic acid groups (broad SMARTS) is 1. The van der Waals surface area contributed by atoms with Crippen molar-refractivity contribution in [2.45, 2.75) is 19.4 Å². The summed E-state index contributed by atoms with van der Waals surface area (Å²) in [7, 11) is 0. The summed E-state index contributed by atoms with van der Waals surface area (Å²) < 4.78 is 0. The number of carboxylic acids is 1. The maximum absolute atomic E-state index is 11.7. The van der Waals surface area contributed by atoms with Gasteiger partial charge < -0.3 is 10.4 Å². The highest BCUT2D eigenvalue weighted by Crippen LogP contribution is 2.27. The van der Waals surface area contributed by atoms with Gasteiger partial charge in [-0.2, -0.15) is 0 Å². The van der Waals surface area contributed by atoms with Gasteiger partial charge in [0.05, 0.1) is 11.6 Å². The maximum Gasteiger partial charge on any atom is 0.338 e. The number of benzene rings is 3. The first-order chi connectivity index (χ1) is 12.1. The average Bonchev–Trinajstić information content (AvgIpc) is 2.62. The van der Waals surface area contributed by atoms with Crippen LogP contribution in [0.1, 0.15) is 33.1 Å². The lowest BCUT2D eigenvalue weighted by atomic mass is 9.97. The molecule has 3 aromatic rings. The molecule has 25 heavy (non-hydrogen) atoms. The third-order valence-corrected chi connectivity index (χ3v) is 4.30. The van der Waals surface area contributed by atoms with Crippen LogP contribution in [-0.4, -0.2) is 11.1 Å². The maximum atomic E-state index is 11.7. The van der Waals surface area contributed by atoms with E-state index >= 15 is 0 Å². The summed E-state index contributed by atoms with van der Waals surface area (Å²) in [6.45, 7) is 1.82. The van der Waals surface area contributed by atoms with Crippen LogP contribution in [0.5, 0.6) is 0 Å². The van der Waals surface area contributed by atoms with E-state index in [1.54, 1.807) is 0 Å².